The number of methoxy groups -OCH3 is 1. The van der Waals surface area contributed by atoms with Crippen LogP contribution in [0.25, 0.3) is 0 Å². The van der Waals surface area contributed by atoms with Crippen molar-refractivity contribution in [2.24, 2.45) is 7.05 Å². The fourth-order valence-electron chi connectivity index (χ4n) is 3.15. The number of aromatic nitrogens is 3. The first kappa shape index (κ1) is 25.6. The molecule has 2 aromatic carbocycles. The molecular weight excluding hydrogens is 476 g/mol. The van der Waals surface area contributed by atoms with Crippen molar-refractivity contribution in [3.8, 4) is 5.75 Å². The number of carbonyl (C=O) groups excluding carboxylic acids is 2. The Balaban J connectivity index is 1.61. The molecule has 3 N–H and O–H groups in total. The van der Waals surface area contributed by atoms with E-state index in [9.17, 15) is 24.8 Å². The Kier molecular flexibility index (Phi) is 8.39. The average Bonchev–Trinajstić information content (AvgIpc) is 3.22. The minimum Gasteiger partial charge on any atom is -0.497 e. The van der Waals surface area contributed by atoms with Gasteiger partial charge in [-0.2, -0.15) is 0 Å². The van der Waals surface area contributed by atoms with E-state index < -0.39 is 23.5 Å². The quantitative estimate of drug-likeness (QED) is 0.215. The lowest BCUT2D eigenvalue weighted by Gasteiger charge is -2.16. The van der Waals surface area contributed by atoms with E-state index >= 15 is 0 Å². The fourth-order valence-corrected chi connectivity index (χ4v) is 3.87. The Morgan fingerprint density at radius 3 is 2.54 bits per heavy atom. The van der Waals surface area contributed by atoms with Gasteiger partial charge in [-0.05, 0) is 42.8 Å². The van der Waals surface area contributed by atoms with Crippen molar-refractivity contribution < 1.29 is 24.4 Å². The maximum atomic E-state index is 12.6. The molecule has 2 amide bonds. The van der Waals surface area contributed by atoms with Crippen LogP contribution < -0.4 is 15.4 Å². The highest BCUT2D eigenvalue weighted by molar-refractivity contribution is 7.99. The number of carbonyl (C=O) groups is 2. The van der Waals surface area contributed by atoms with Gasteiger partial charge in [-0.1, -0.05) is 11.8 Å². The van der Waals surface area contributed by atoms with E-state index in [0.29, 0.717) is 33.5 Å². The number of nitro groups is 1. The second-order valence-electron chi connectivity index (χ2n) is 7.43. The van der Waals surface area contributed by atoms with Crippen LogP contribution in [0.3, 0.4) is 0 Å². The molecule has 0 bridgehead atoms. The van der Waals surface area contributed by atoms with Crippen LogP contribution in [-0.4, -0.2) is 56.1 Å². The van der Waals surface area contributed by atoms with Gasteiger partial charge >= 0.3 is 0 Å². The number of thioether (sulfide) groups is 1. The zero-order valence-corrected chi connectivity index (χ0v) is 20.0. The molecule has 0 radical (unpaired) electrons. The van der Waals surface area contributed by atoms with E-state index in [0.717, 1.165) is 11.8 Å². The number of amides is 2. The van der Waals surface area contributed by atoms with Gasteiger partial charge in [0.15, 0.2) is 11.0 Å². The van der Waals surface area contributed by atoms with E-state index in [2.05, 4.69) is 20.8 Å². The lowest BCUT2D eigenvalue weighted by Crippen LogP contribution is -2.32. The van der Waals surface area contributed by atoms with Gasteiger partial charge in [0.05, 0.1) is 24.4 Å². The van der Waals surface area contributed by atoms with Crippen LogP contribution in [0.5, 0.6) is 5.75 Å². The van der Waals surface area contributed by atoms with E-state index in [4.69, 9.17) is 4.74 Å². The second kappa shape index (κ2) is 11.4. The Hall–Kier alpha value is -3.97. The van der Waals surface area contributed by atoms with Crippen molar-refractivity contribution in [2.45, 2.75) is 18.1 Å². The van der Waals surface area contributed by atoms with Crippen molar-refractivity contribution in [1.82, 2.24) is 20.1 Å². The summed E-state index contributed by atoms with van der Waals surface area (Å²) in [6, 6.07) is 9.89. The number of aryl methyl sites for hydroxylation is 1. The first-order chi connectivity index (χ1) is 16.7. The minimum atomic E-state index is -0.812. The maximum absolute atomic E-state index is 12.6. The van der Waals surface area contributed by atoms with Crippen molar-refractivity contribution in [1.29, 1.82) is 0 Å². The number of nitro benzene ring substituents is 1. The molecule has 1 aromatic heterocycles. The van der Waals surface area contributed by atoms with Crippen LogP contribution in [-0.2, 0) is 11.8 Å². The number of benzene rings is 2. The summed E-state index contributed by atoms with van der Waals surface area (Å²) < 4.78 is 6.67. The number of hydrogen-bond acceptors (Lipinski definition) is 9. The van der Waals surface area contributed by atoms with Crippen molar-refractivity contribution >= 4 is 35.0 Å². The van der Waals surface area contributed by atoms with Crippen molar-refractivity contribution in [3.05, 3.63) is 69.5 Å². The van der Waals surface area contributed by atoms with Crippen LogP contribution in [0.2, 0.25) is 0 Å². The number of nitrogens with zero attached hydrogens (tertiary/aromatic N) is 4. The van der Waals surface area contributed by atoms with Gasteiger partial charge in [0.1, 0.15) is 11.8 Å². The Morgan fingerprint density at radius 1 is 1.23 bits per heavy atom. The monoisotopic (exact) mass is 500 g/mol. The number of rotatable bonds is 10. The lowest BCUT2D eigenvalue weighted by atomic mass is 10.2. The normalized spacial score (nSPS) is 11.5. The predicted octanol–water partition coefficient (Wildman–Crippen LogP) is 2.23. The summed E-state index contributed by atoms with van der Waals surface area (Å²) in [5.74, 6) is 0.209. The highest BCUT2D eigenvalue weighted by Crippen LogP contribution is 2.23. The summed E-state index contributed by atoms with van der Waals surface area (Å²) in [7, 11) is 3.19. The third-order valence-corrected chi connectivity index (χ3v) is 6.07. The first-order valence-electron chi connectivity index (χ1n) is 10.4. The van der Waals surface area contributed by atoms with Crippen LogP contribution in [0, 0.1) is 17.0 Å². The van der Waals surface area contributed by atoms with Gasteiger partial charge in [-0.15, -0.1) is 10.2 Å². The Morgan fingerprint density at radius 2 is 1.94 bits per heavy atom. The molecule has 0 spiro atoms. The smallest absolute Gasteiger partial charge is 0.269 e. The molecular formula is C22H24N6O6S. The minimum absolute atomic E-state index is 0.00437. The number of nitrogens with one attached hydrogen (secondary N) is 2. The first-order valence-corrected chi connectivity index (χ1v) is 11.3. The van der Waals surface area contributed by atoms with Crippen LogP contribution in [0.4, 0.5) is 11.4 Å². The zero-order chi connectivity index (χ0) is 25.5. The van der Waals surface area contributed by atoms with E-state index in [1.807, 2.05) is 0 Å². The summed E-state index contributed by atoms with van der Waals surface area (Å²) >= 11 is 1.12. The van der Waals surface area contributed by atoms with E-state index in [1.165, 1.54) is 25.3 Å². The number of non-ortho nitro benzene ring substituents is 1. The molecule has 12 nitrogen and oxygen atoms in total. The zero-order valence-electron chi connectivity index (χ0n) is 19.2. The molecule has 0 aliphatic heterocycles. The van der Waals surface area contributed by atoms with Gasteiger partial charge in [-0.25, -0.2) is 0 Å². The second-order valence-corrected chi connectivity index (χ2v) is 8.37. The van der Waals surface area contributed by atoms with Crippen molar-refractivity contribution in [2.75, 3.05) is 24.8 Å². The molecule has 0 saturated heterocycles. The highest BCUT2D eigenvalue weighted by atomic mass is 32.2. The third kappa shape index (κ3) is 6.33. The molecule has 1 heterocycles. The summed E-state index contributed by atoms with van der Waals surface area (Å²) in [5, 5.41) is 34.6. The summed E-state index contributed by atoms with van der Waals surface area (Å²) in [6.07, 6.45) is 0. The highest BCUT2D eigenvalue weighted by Gasteiger charge is 2.22. The number of anilines is 1. The summed E-state index contributed by atoms with van der Waals surface area (Å²) in [4.78, 5) is 35.3. The predicted molar refractivity (Wildman–Crippen MR) is 128 cm³/mol. The SMILES string of the molecule is COc1ccc(C(=O)N[C@H](CO)c2nnc(SCC(=O)Nc3ccc([N+](=O)[O-])cc3C)n2C)cc1. The molecule has 13 heteroatoms. The molecule has 1 atom stereocenters. The van der Waals surface area contributed by atoms with Crippen molar-refractivity contribution in [3.63, 3.8) is 0 Å². The Labute approximate surface area is 204 Å². The van der Waals surface area contributed by atoms with Gasteiger partial charge in [0, 0.05) is 30.4 Å². The number of hydrogen-bond donors (Lipinski definition) is 3. The van der Waals surface area contributed by atoms with Crippen LogP contribution in [0.1, 0.15) is 27.8 Å². The molecule has 3 rings (SSSR count). The number of aliphatic hydroxyl groups excluding tert-OH is 1. The summed E-state index contributed by atoms with van der Waals surface area (Å²) in [6.45, 7) is 1.26. The average molecular weight is 501 g/mol. The largest absolute Gasteiger partial charge is 0.497 e. The molecule has 184 valence electrons. The summed E-state index contributed by atoms with van der Waals surface area (Å²) in [5.41, 5.74) is 1.37. The standard InChI is InChI=1S/C22H24N6O6S/c1-13-10-15(28(32)33)6-9-17(13)23-19(30)12-35-22-26-25-20(27(22)2)18(11-29)24-21(31)14-4-7-16(34-3)8-5-14/h4-10,18,29H,11-12H2,1-3H3,(H,23,30)(H,24,31)/t18-/m1/s1. The molecule has 3 aromatic rings. The van der Waals surface area contributed by atoms with E-state index in [-0.39, 0.29) is 17.3 Å². The molecule has 0 saturated carbocycles. The van der Waals surface area contributed by atoms with Gasteiger partial charge in [0.2, 0.25) is 5.91 Å². The number of ether oxygens (including phenoxy) is 1. The van der Waals surface area contributed by atoms with Crippen LogP contribution in [0.15, 0.2) is 47.6 Å². The van der Waals surface area contributed by atoms with Gasteiger partial charge < -0.3 is 25.0 Å². The third-order valence-electron chi connectivity index (χ3n) is 5.05. The fraction of sp³-hybridized carbons (Fsp3) is 0.273. The topological polar surface area (TPSA) is 162 Å². The van der Waals surface area contributed by atoms with Gasteiger partial charge in [-0.3, -0.25) is 19.7 Å². The molecule has 0 unspecified atom stereocenters. The molecule has 0 aliphatic carbocycles. The van der Waals surface area contributed by atoms with Crippen LogP contribution >= 0.6 is 11.8 Å². The number of aliphatic hydroxyl groups is 1. The maximum Gasteiger partial charge on any atom is 0.269 e. The molecule has 0 aliphatic rings. The Bertz CT molecular complexity index is 1230. The molecule has 35 heavy (non-hydrogen) atoms. The molecule has 0 fully saturated rings. The van der Waals surface area contributed by atoms with E-state index in [1.54, 1.807) is 42.8 Å². The lowest BCUT2D eigenvalue weighted by molar-refractivity contribution is -0.384. The van der Waals surface area contributed by atoms with Gasteiger partial charge in [0.25, 0.3) is 11.6 Å².